The van der Waals surface area contributed by atoms with E-state index in [0.29, 0.717) is 19.3 Å². The predicted molar refractivity (Wildman–Crippen MR) is 130 cm³/mol. The quantitative estimate of drug-likeness (QED) is 0.163. The molecule has 3 N–H and O–H groups in total. The second-order valence-corrected chi connectivity index (χ2v) is 9.05. The number of hydrogen-bond acceptors (Lipinski definition) is 4. The lowest BCUT2D eigenvalue weighted by atomic mass is 9.91. The highest BCUT2D eigenvalue weighted by Crippen LogP contribution is 2.40. The van der Waals surface area contributed by atoms with E-state index in [-0.39, 0.29) is 52.1 Å². The van der Waals surface area contributed by atoms with Crippen LogP contribution in [0.1, 0.15) is 79.4 Å². The number of phenolic OH excluding ortho intramolecular Hbond substituents is 1. The van der Waals surface area contributed by atoms with Crippen LogP contribution in [0.25, 0.3) is 0 Å². The minimum absolute atomic E-state index is 0.00581. The first-order valence-electron chi connectivity index (χ1n) is 11.6. The van der Waals surface area contributed by atoms with E-state index in [4.69, 9.17) is 11.6 Å². The molecule has 2 atom stereocenters. The molecule has 0 aromatic heterocycles. The van der Waals surface area contributed by atoms with E-state index >= 15 is 0 Å². The van der Waals surface area contributed by atoms with Crippen molar-refractivity contribution in [1.29, 1.82) is 0 Å². The van der Waals surface area contributed by atoms with Crippen molar-refractivity contribution < 1.29 is 19.5 Å². The Balaban J connectivity index is 1.73. The first-order chi connectivity index (χ1) is 15.9. The van der Waals surface area contributed by atoms with Crippen LogP contribution in [0, 0.1) is 5.92 Å². The number of hydrogen-bond donors (Lipinski definition) is 3. The molecule has 0 spiro atoms. The second kappa shape index (κ2) is 11.8. The third kappa shape index (κ3) is 6.35. The molecule has 0 heterocycles. The molecule has 0 aliphatic heterocycles. The van der Waals surface area contributed by atoms with Crippen LogP contribution in [0.3, 0.4) is 0 Å². The predicted octanol–water partition coefficient (Wildman–Crippen LogP) is 5.58. The molecule has 1 aliphatic carbocycles. The molecule has 2 aromatic carbocycles. The molecule has 0 radical (unpaired) electrons. The fourth-order valence-corrected chi connectivity index (χ4v) is 4.75. The third-order valence-electron chi connectivity index (χ3n) is 6.20. The van der Waals surface area contributed by atoms with Crippen LogP contribution in [0.2, 0.25) is 5.02 Å². The number of rotatable bonds is 12. The highest BCUT2D eigenvalue weighted by atomic mass is 35.5. The number of phenols is 1. The van der Waals surface area contributed by atoms with Gasteiger partial charge in [-0.3, -0.25) is 14.4 Å². The van der Waals surface area contributed by atoms with Gasteiger partial charge >= 0.3 is 0 Å². The zero-order valence-corrected chi connectivity index (χ0v) is 19.7. The van der Waals surface area contributed by atoms with Crippen LogP contribution < -0.4 is 10.6 Å². The van der Waals surface area contributed by atoms with Gasteiger partial charge in [-0.1, -0.05) is 68.5 Å². The largest absolute Gasteiger partial charge is 0.505 e. The Morgan fingerprint density at radius 2 is 1.91 bits per heavy atom. The Bertz CT molecular complexity index is 1010. The van der Waals surface area contributed by atoms with Crippen LogP contribution in [0.15, 0.2) is 36.4 Å². The number of Topliss-reactive ketones (excluding diaryl/α,β-unsaturated/α-hetero) is 1. The SMILES string of the molecule is CCCCCCCC(=O)NC1c2ccccc2CC1CC(=O)c1cc(Cl)cc(NC=O)c1O. The van der Waals surface area contributed by atoms with Crippen molar-refractivity contribution in [3.05, 3.63) is 58.1 Å². The van der Waals surface area contributed by atoms with Crippen molar-refractivity contribution in [2.75, 3.05) is 5.32 Å². The molecule has 3 rings (SSSR count). The van der Waals surface area contributed by atoms with Crippen LogP contribution in [0.5, 0.6) is 5.75 Å². The Kier molecular flexibility index (Phi) is 8.89. The third-order valence-corrected chi connectivity index (χ3v) is 6.42. The summed E-state index contributed by atoms with van der Waals surface area (Å²) in [7, 11) is 0. The Labute approximate surface area is 199 Å². The molecule has 0 saturated carbocycles. The molecule has 6 nitrogen and oxygen atoms in total. The summed E-state index contributed by atoms with van der Waals surface area (Å²) in [5, 5.41) is 16.2. The molecule has 7 heteroatoms. The summed E-state index contributed by atoms with van der Waals surface area (Å²) in [6, 6.07) is 10.4. The number of ketones is 1. The van der Waals surface area contributed by atoms with E-state index in [2.05, 4.69) is 17.6 Å². The van der Waals surface area contributed by atoms with Crippen LogP contribution in [0.4, 0.5) is 5.69 Å². The van der Waals surface area contributed by atoms with Crippen molar-refractivity contribution in [1.82, 2.24) is 5.32 Å². The van der Waals surface area contributed by atoms with Crippen molar-refractivity contribution in [3.8, 4) is 5.75 Å². The summed E-state index contributed by atoms with van der Waals surface area (Å²) >= 11 is 6.09. The maximum Gasteiger partial charge on any atom is 0.220 e. The zero-order chi connectivity index (χ0) is 23.8. The van der Waals surface area contributed by atoms with Gasteiger partial charge < -0.3 is 15.7 Å². The lowest BCUT2D eigenvalue weighted by Crippen LogP contribution is -2.32. The topological polar surface area (TPSA) is 95.5 Å². The second-order valence-electron chi connectivity index (χ2n) is 8.61. The number of unbranched alkanes of at least 4 members (excludes halogenated alkanes) is 4. The number of anilines is 1. The molecule has 33 heavy (non-hydrogen) atoms. The summed E-state index contributed by atoms with van der Waals surface area (Å²) < 4.78 is 0. The van der Waals surface area contributed by atoms with Crippen LogP contribution >= 0.6 is 11.6 Å². The summed E-state index contributed by atoms with van der Waals surface area (Å²) in [5.41, 5.74) is 2.29. The smallest absolute Gasteiger partial charge is 0.220 e. The van der Waals surface area contributed by atoms with E-state index < -0.39 is 0 Å². The van der Waals surface area contributed by atoms with Gasteiger partial charge in [0, 0.05) is 17.9 Å². The molecule has 2 amide bonds. The number of aromatic hydroxyl groups is 1. The maximum atomic E-state index is 13.1. The van der Waals surface area contributed by atoms with E-state index in [9.17, 15) is 19.5 Å². The van der Waals surface area contributed by atoms with Gasteiger partial charge in [0.2, 0.25) is 12.3 Å². The van der Waals surface area contributed by atoms with Gasteiger partial charge in [0.05, 0.1) is 17.3 Å². The Hall–Kier alpha value is -2.86. The lowest BCUT2D eigenvalue weighted by molar-refractivity contribution is -0.122. The Morgan fingerprint density at radius 1 is 1.15 bits per heavy atom. The van der Waals surface area contributed by atoms with E-state index in [0.717, 1.165) is 36.8 Å². The first kappa shape index (κ1) is 24.8. The molecule has 176 valence electrons. The average Bonchev–Trinajstić information content (AvgIpc) is 3.12. The molecule has 2 unspecified atom stereocenters. The number of carbonyl (C=O) groups excluding carboxylic acids is 3. The van der Waals surface area contributed by atoms with Gasteiger partial charge in [-0.05, 0) is 42.0 Å². The number of carbonyl (C=O) groups is 3. The van der Waals surface area contributed by atoms with Gasteiger partial charge in [-0.25, -0.2) is 0 Å². The van der Waals surface area contributed by atoms with Crippen LogP contribution in [-0.2, 0) is 16.0 Å². The molecule has 0 saturated heterocycles. The van der Waals surface area contributed by atoms with E-state index in [1.807, 2.05) is 24.3 Å². The molecular weight excluding hydrogens is 440 g/mol. The molecule has 2 aromatic rings. The highest BCUT2D eigenvalue weighted by molar-refractivity contribution is 6.31. The van der Waals surface area contributed by atoms with Crippen molar-refractivity contribution in [3.63, 3.8) is 0 Å². The normalized spacial score (nSPS) is 16.8. The lowest BCUT2D eigenvalue weighted by Gasteiger charge is -2.22. The van der Waals surface area contributed by atoms with Crippen LogP contribution in [-0.4, -0.2) is 23.2 Å². The van der Waals surface area contributed by atoms with Crippen molar-refractivity contribution in [2.24, 2.45) is 5.92 Å². The van der Waals surface area contributed by atoms with Gasteiger partial charge in [0.25, 0.3) is 0 Å². The number of amides is 2. The fourth-order valence-electron chi connectivity index (χ4n) is 4.53. The zero-order valence-electron chi connectivity index (χ0n) is 18.9. The first-order valence-corrected chi connectivity index (χ1v) is 12.0. The monoisotopic (exact) mass is 470 g/mol. The Morgan fingerprint density at radius 3 is 2.67 bits per heavy atom. The number of fused-ring (bicyclic) bond motifs is 1. The average molecular weight is 471 g/mol. The maximum absolute atomic E-state index is 13.1. The molecular formula is C26H31ClN2O4. The minimum atomic E-state index is -0.306. The van der Waals surface area contributed by atoms with Gasteiger partial charge in [-0.15, -0.1) is 0 Å². The van der Waals surface area contributed by atoms with E-state index in [1.165, 1.54) is 18.6 Å². The standard InChI is InChI=1S/C26H31ClN2O4/c1-2-3-4-5-6-11-24(32)29-25-18(12-17-9-7-8-10-20(17)25)13-23(31)21-14-19(27)15-22(26(21)33)28-16-30/h7-10,14-16,18,25,33H,2-6,11-13H2,1H3,(H,28,30)(H,29,32). The highest BCUT2D eigenvalue weighted by Gasteiger charge is 2.35. The van der Waals surface area contributed by atoms with E-state index in [1.54, 1.807) is 0 Å². The summed E-state index contributed by atoms with van der Waals surface area (Å²) in [4.78, 5) is 36.6. The van der Waals surface area contributed by atoms with Crippen molar-refractivity contribution >= 4 is 35.4 Å². The molecule has 0 bridgehead atoms. The van der Waals surface area contributed by atoms with Crippen molar-refractivity contribution in [2.45, 2.75) is 64.3 Å². The number of halogens is 1. The van der Waals surface area contributed by atoms with Gasteiger partial charge in [0.15, 0.2) is 5.78 Å². The summed E-state index contributed by atoms with van der Waals surface area (Å²) in [5.74, 6) is -0.742. The molecule has 0 fully saturated rings. The van der Waals surface area contributed by atoms with Gasteiger partial charge in [0.1, 0.15) is 5.75 Å². The summed E-state index contributed by atoms with van der Waals surface area (Å²) in [6.45, 7) is 2.16. The molecule has 1 aliphatic rings. The minimum Gasteiger partial charge on any atom is -0.505 e. The van der Waals surface area contributed by atoms with Gasteiger partial charge in [-0.2, -0.15) is 0 Å². The summed E-state index contributed by atoms with van der Waals surface area (Å²) in [6.07, 6.45) is 7.05. The number of nitrogens with one attached hydrogen (secondary N) is 2. The fraction of sp³-hybridized carbons (Fsp3) is 0.423. The number of benzene rings is 2.